The van der Waals surface area contributed by atoms with Crippen molar-refractivity contribution in [2.24, 2.45) is 29.6 Å². The van der Waals surface area contributed by atoms with Gasteiger partial charge in [-0.3, -0.25) is 0 Å². The quantitative estimate of drug-likeness (QED) is 0.686. The first-order valence-electron chi connectivity index (χ1n) is 9.06. The van der Waals surface area contributed by atoms with Crippen LogP contribution in [-0.4, -0.2) is 12.6 Å². The van der Waals surface area contributed by atoms with Crippen LogP contribution in [0.1, 0.15) is 60.3 Å². The number of hydrogen-bond acceptors (Lipinski definition) is 1. The topological polar surface area (TPSA) is 12.0 Å². The molecule has 0 bridgehead atoms. The molecular formula is C20H35N. The van der Waals surface area contributed by atoms with E-state index in [1.807, 2.05) is 0 Å². The minimum atomic E-state index is 0.695. The predicted molar refractivity (Wildman–Crippen MR) is 93.3 cm³/mol. The van der Waals surface area contributed by atoms with Crippen LogP contribution in [0.3, 0.4) is 0 Å². The van der Waals surface area contributed by atoms with E-state index in [1.165, 1.54) is 32.2 Å². The molecule has 0 aromatic heterocycles. The van der Waals surface area contributed by atoms with E-state index in [-0.39, 0.29) is 0 Å². The summed E-state index contributed by atoms with van der Waals surface area (Å²) in [6, 6.07) is 0.739. The molecule has 1 N–H and O–H groups in total. The van der Waals surface area contributed by atoms with Gasteiger partial charge < -0.3 is 5.32 Å². The summed E-state index contributed by atoms with van der Waals surface area (Å²) < 4.78 is 0. The molecule has 0 aromatic carbocycles. The Labute approximate surface area is 132 Å². The Hall–Kier alpha value is -0.560. The highest BCUT2D eigenvalue weighted by Gasteiger charge is 2.36. The van der Waals surface area contributed by atoms with E-state index >= 15 is 0 Å². The van der Waals surface area contributed by atoms with Gasteiger partial charge in [0.25, 0.3) is 0 Å². The smallest absolute Gasteiger partial charge is 0.0133 e. The van der Waals surface area contributed by atoms with Crippen LogP contribution >= 0.6 is 0 Å². The Morgan fingerprint density at radius 3 is 2.57 bits per heavy atom. The van der Waals surface area contributed by atoms with E-state index in [2.05, 4.69) is 58.2 Å². The lowest BCUT2D eigenvalue weighted by molar-refractivity contribution is 0.257. The average molecular weight is 290 g/mol. The number of rotatable bonds is 5. The third-order valence-corrected chi connectivity index (χ3v) is 5.89. The van der Waals surface area contributed by atoms with Gasteiger partial charge in [0.2, 0.25) is 0 Å². The fourth-order valence-corrected chi connectivity index (χ4v) is 4.02. The van der Waals surface area contributed by atoms with Crippen LogP contribution in [0, 0.1) is 29.6 Å². The first-order valence-corrected chi connectivity index (χ1v) is 9.06. The fraction of sp³-hybridized carbons (Fsp3) is 0.800. The summed E-state index contributed by atoms with van der Waals surface area (Å²) in [5, 5.41) is 3.83. The number of allylic oxidation sites excluding steroid dienone is 4. The molecule has 1 nitrogen and oxygen atoms in total. The normalized spacial score (nSPS) is 33.4. The third-order valence-electron chi connectivity index (χ3n) is 5.89. The third kappa shape index (κ3) is 4.45. The number of hydrogen-bond donors (Lipinski definition) is 1. The first-order chi connectivity index (χ1) is 9.99. The lowest BCUT2D eigenvalue weighted by atomic mass is 9.75. The van der Waals surface area contributed by atoms with Gasteiger partial charge in [-0.05, 0) is 68.7 Å². The molecule has 0 amide bonds. The standard InChI is InChI=1S/C20H35N/c1-14(2)16(4)9-10-17(5)19-11-12-21-20(19)18-8-6-7-15(3)13-18/h7,9-10,14,16-21H,6,8,11-13H2,1-5H3. The van der Waals surface area contributed by atoms with Gasteiger partial charge in [-0.25, -0.2) is 0 Å². The van der Waals surface area contributed by atoms with Gasteiger partial charge >= 0.3 is 0 Å². The Morgan fingerprint density at radius 1 is 1.14 bits per heavy atom. The molecule has 0 spiro atoms. The van der Waals surface area contributed by atoms with E-state index < -0.39 is 0 Å². The van der Waals surface area contributed by atoms with Gasteiger partial charge in [0.1, 0.15) is 0 Å². The van der Waals surface area contributed by atoms with Crippen molar-refractivity contribution in [3.05, 3.63) is 23.8 Å². The highest BCUT2D eigenvalue weighted by molar-refractivity contribution is 5.08. The summed E-state index contributed by atoms with van der Waals surface area (Å²) in [5.74, 6) is 3.84. The minimum Gasteiger partial charge on any atom is -0.313 e. The second-order valence-corrected chi connectivity index (χ2v) is 7.87. The molecule has 2 rings (SSSR count). The fourth-order valence-electron chi connectivity index (χ4n) is 4.02. The molecule has 1 aliphatic heterocycles. The Kier molecular flexibility index (Phi) is 6.10. The second-order valence-electron chi connectivity index (χ2n) is 7.87. The van der Waals surface area contributed by atoms with Crippen molar-refractivity contribution in [3.63, 3.8) is 0 Å². The molecule has 21 heavy (non-hydrogen) atoms. The summed E-state index contributed by atoms with van der Waals surface area (Å²) in [6.45, 7) is 12.9. The highest BCUT2D eigenvalue weighted by atomic mass is 15.0. The van der Waals surface area contributed by atoms with Gasteiger partial charge in [0.15, 0.2) is 0 Å². The molecular weight excluding hydrogens is 254 g/mol. The van der Waals surface area contributed by atoms with Crippen LogP contribution < -0.4 is 5.32 Å². The zero-order valence-corrected chi connectivity index (χ0v) is 14.7. The zero-order chi connectivity index (χ0) is 15.4. The molecule has 5 unspecified atom stereocenters. The lowest BCUT2D eigenvalue weighted by Crippen LogP contribution is -2.38. The van der Waals surface area contributed by atoms with Crippen molar-refractivity contribution in [1.29, 1.82) is 0 Å². The Bertz CT molecular complexity index is 379. The molecule has 1 fully saturated rings. The van der Waals surface area contributed by atoms with Crippen LogP contribution in [0.4, 0.5) is 0 Å². The monoisotopic (exact) mass is 289 g/mol. The van der Waals surface area contributed by atoms with E-state index in [9.17, 15) is 0 Å². The molecule has 1 saturated heterocycles. The molecule has 120 valence electrons. The summed E-state index contributed by atoms with van der Waals surface area (Å²) in [6.07, 6.45) is 12.7. The van der Waals surface area contributed by atoms with Crippen LogP contribution in [0.2, 0.25) is 0 Å². The average Bonchev–Trinajstić information content (AvgIpc) is 2.93. The van der Waals surface area contributed by atoms with E-state index in [0.717, 1.165) is 23.8 Å². The van der Waals surface area contributed by atoms with Crippen molar-refractivity contribution in [3.8, 4) is 0 Å². The van der Waals surface area contributed by atoms with Gasteiger partial charge in [-0.15, -0.1) is 0 Å². The van der Waals surface area contributed by atoms with Crippen molar-refractivity contribution >= 4 is 0 Å². The number of nitrogens with one attached hydrogen (secondary N) is 1. The maximum absolute atomic E-state index is 3.83. The summed E-state index contributed by atoms with van der Waals surface area (Å²) in [4.78, 5) is 0. The molecule has 1 heteroatoms. The Morgan fingerprint density at radius 2 is 1.90 bits per heavy atom. The molecule has 0 saturated carbocycles. The lowest BCUT2D eigenvalue weighted by Gasteiger charge is -2.33. The first kappa shape index (κ1) is 16.8. The summed E-state index contributed by atoms with van der Waals surface area (Å²) >= 11 is 0. The highest BCUT2D eigenvalue weighted by Crippen LogP contribution is 2.36. The van der Waals surface area contributed by atoms with Gasteiger partial charge in [-0.2, -0.15) is 0 Å². The second kappa shape index (κ2) is 7.63. The molecule has 1 heterocycles. The van der Waals surface area contributed by atoms with Crippen molar-refractivity contribution < 1.29 is 0 Å². The molecule has 2 aliphatic rings. The molecule has 1 aliphatic carbocycles. The predicted octanol–water partition coefficient (Wildman–Crippen LogP) is 5.20. The van der Waals surface area contributed by atoms with E-state index in [1.54, 1.807) is 5.57 Å². The van der Waals surface area contributed by atoms with E-state index in [0.29, 0.717) is 11.8 Å². The van der Waals surface area contributed by atoms with Gasteiger partial charge in [0.05, 0.1) is 0 Å². The maximum Gasteiger partial charge on any atom is 0.0133 e. The van der Waals surface area contributed by atoms with Crippen LogP contribution in [0.5, 0.6) is 0 Å². The summed E-state index contributed by atoms with van der Waals surface area (Å²) in [7, 11) is 0. The van der Waals surface area contributed by atoms with Gasteiger partial charge in [-0.1, -0.05) is 51.5 Å². The molecule has 0 aromatic rings. The molecule has 0 radical (unpaired) electrons. The summed E-state index contributed by atoms with van der Waals surface area (Å²) in [5.41, 5.74) is 1.61. The Balaban J connectivity index is 1.96. The molecule has 5 atom stereocenters. The van der Waals surface area contributed by atoms with Crippen molar-refractivity contribution in [2.75, 3.05) is 6.54 Å². The SMILES string of the molecule is CC1=CCCC(C2NCCC2C(C)C=CC(C)C(C)C)C1. The van der Waals surface area contributed by atoms with Crippen molar-refractivity contribution in [1.82, 2.24) is 5.32 Å². The zero-order valence-electron chi connectivity index (χ0n) is 14.7. The van der Waals surface area contributed by atoms with Crippen LogP contribution in [0.15, 0.2) is 23.8 Å². The van der Waals surface area contributed by atoms with E-state index in [4.69, 9.17) is 0 Å². The van der Waals surface area contributed by atoms with Crippen molar-refractivity contribution in [2.45, 2.75) is 66.3 Å². The van der Waals surface area contributed by atoms with Gasteiger partial charge in [0, 0.05) is 6.04 Å². The largest absolute Gasteiger partial charge is 0.313 e. The minimum absolute atomic E-state index is 0.695. The van der Waals surface area contributed by atoms with Crippen LogP contribution in [0.25, 0.3) is 0 Å². The van der Waals surface area contributed by atoms with Crippen LogP contribution in [-0.2, 0) is 0 Å². The maximum atomic E-state index is 3.83.